The highest BCUT2D eigenvalue weighted by Crippen LogP contribution is 2.27. The summed E-state index contributed by atoms with van der Waals surface area (Å²) in [7, 11) is 5.42. The van der Waals surface area contributed by atoms with E-state index in [1.165, 1.54) is 5.56 Å². The molecular weight excluding hydrogens is 304 g/mol. The molecule has 2 rings (SSSR count). The third kappa shape index (κ3) is 5.71. The third-order valence-electron chi connectivity index (χ3n) is 4.72. The second kappa shape index (κ2) is 9.52. The monoisotopic (exact) mass is 334 g/mol. The van der Waals surface area contributed by atoms with Gasteiger partial charge in [-0.1, -0.05) is 6.07 Å². The van der Waals surface area contributed by atoms with Crippen LogP contribution in [-0.2, 0) is 11.2 Å². The van der Waals surface area contributed by atoms with E-state index in [1.54, 1.807) is 14.2 Å². The van der Waals surface area contributed by atoms with Crippen molar-refractivity contribution < 1.29 is 14.3 Å². The number of carbonyl (C=O) groups is 1. The van der Waals surface area contributed by atoms with E-state index >= 15 is 0 Å². The minimum Gasteiger partial charge on any atom is -0.493 e. The fourth-order valence-electron chi connectivity index (χ4n) is 3.16. The van der Waals surface area contributed by atoms with Crippen molar-refractivity contribution in [3.63, 3.8) is 0 Å². The Bertz CT molecular complexity index is 525. The van der Waals surface area contributed by atoms with Crippen LogP contribution in [0.1, 0.15) is 31.2 Å². The molecule has 0 bridgehead atoms. The lowest BCUT2D eigenvalue weighted by Crippen LogP contribution is -2.33. The van der Waals surface area contributed by atoms with Gasteiger partial charge in [0.2, 0.25) is 5.91 Å². The number of piperidine rings is 1. The number of ether oxygens (including phenoxy) is 2. The average Bonchev–Trinajstić information content (AvgIpc) is 2.60. The van der Waals surface area contributed by atoms with Gasteiger partial charge in [-0.3, -0.25) is 4.79 Å². The number of carbonyl (C=O) groups excluding carboxylic acids is 1. The van der Waals surface area contributed by atoms with Crippen molar-refractivity contribution >= 4 is 5.91 Å². The summed E-state index contributed by atoms with van der Waals surface area (Å²) >= 11 is 0. The molecule has 1 saturated heterocycles. The molecule has 0 aliphatic carbocycles. The molecule has 134 valence electrons. The van der Waals surface area contributed by atoms with Crippen molar-refractivity contribution in [1.29, 1.82) is 0 Å². The minimum atomic E-state index is 0.192. The number of hydrogen-bond donors (Lipinski definition) is 1. The molecule has 0 radical (unpaired) electrons. The highest BCUT2D eigenvalue weighted by molar-refractivity contribution is 5.76. The molecule has 0 saturated carbocycles. The first-order chi connectivity index (χ1) is 11.6. The van der Waals surface area contributed by atoms with Crippen LogP contribution in [0.15, 0.2) is 18.2 Å². The third-order valence-corrected chi connectivity index (χ3v) is 4.72. The summed E-state index contributed by atoms with van der Waals surface area (Å²) in [6, 6.07) is 5.97. The Morgan fingerprint density at radius 1 is 1.21 bits per heavy atom. The Morgan fingerprint density at radius 2 is 1.92 bits per heavy atom. The smallest absolute Gasteiger partial charge is 0.220 e. The summed E-state index contributed by atoms with van der Waals surface area (Å²) in [5.74, 6) is 2.23. The Kier molecular flexibility index (Phi) is 7.37. The number of hydrogen-bond acceptors (Lipinski definition) is 4. The summed E-state index contributed by atoms with van der Waals surface area (Å²) < 4.78 is 10.6. The van der Waals surface area contributed by atoms with E-state index in [0.29, 0.717) is 12.3 Å². The fourth-order valence-corrected chi connectivity index (χ4v) is 3.16. The van der Waals surface area contributed by atoms with Crippen LogP contribution in [0.3, 0.4) is 0 Å². The van der Waals surface area contributed by atoms with Crippen LogP contribution in [-0.4, -0.2) is 51.7 Å². The Balaban J connectivity index is 1.66. The van der Waals surface area contributed by atoms with Gasteiger partial charge in [0.05, 0.1) is 14.2 Å². The summed E-state index contributed by atoms with van der Waals surface area (Å²) in [6.45, 7) is 2.94. The fraction of sp³-hybridized carbons (Fsp3) is 0.632. The van der Waals surface area contributed by atoms with Crippen molar-refractivity contribution in [2.24, 2.45) is 5.92 Å². The van der Waals surface area contributed by atoms with Crippen LogP contribution >= 0.6 is 0 Å². The van der Waals surface area contributed by atoms with Crippen LogP contribution in [0.4, 0.5) is 0 Å². The van der Waals surface area contributed by atoms with Gasteiger partial charge in [-0.05, 0) is 69.4 Å². The topological polar surface area (TPSA) is 50.8 Å². The number of benzene rings is 1. The molecule has 1 aromatic carbocycles. The molecule has 5 heteroatoms. The van der Waals surface area contributed by atoms with Crippen molar-refractivity contribution in [1.82, 2.24) is 10.2 Å². The van der Waals surface area contributed by atoms with Crippen molar-refractivity contribution in [2.45, 2.75) is 32.1 Å². The predicted octanol–water partition coefficient (Wildman–Crippen LogP) is 2.48. The van der Waals surface area contributed by atoms with Crippen LogP contribution in [0.5, 0.6) is 11.5 Å². The maximum atomic E-state index is 12.0. The normalized spacial score (nSPS) is 16.0. The number of nitrogens with zero attached hydrogens (tertiary/aromatic N) is 1. The second-order valence-corrected chi connectivity index (χ2v) is 6.59. The first kappa shape index (κ1) is 18.6. The van der Waals surface area contributed by atoms with Gasteiger partial charge in [-0.2, -0.15) is 0 Å². The maximum Gasteiger partial charge on any atom is 0.220 e. The van der Waals surface area contributed by atoms with Gasteiger partial charge in [0.25, 0.3) is 0 Å². The van der Waals surface area contributed by atoms with Gasteiger partial charge >= 0.3 is 0 Å². The molecule has 0 aromatic heterocycles. The van der Waals surface area contributed by atoms with E-state index in [-0.39, 0.29) is 5.91 Å². The lowest BCUT2D eigenvalue weighted by atomic mass is 9.93. The standard InChI is InChI=1S/C19H30N2O3/c1-21-11-8-16(9-12-21)14-19(22)20-10-4-5-15-6-7-17(23-2)18(13-15)24-3/h6-7,13,16H,4-5,8-12,14H2,1-3H3,(H,20,22). The molecule has 5 nitrogen and oxygen atoms in total. The quantitative estimate of drug-likeness (QED) is 0.742. The number of amides is 1. The number of rotatable bonds is 8. The minimum absolute atomic E-state index is 0.192. The van der Waals surface area contributed by atoms with E-state index in [9.17, 15) is 4.79 Å². The van der Waals surface area contributed by atoms with Crippen LogP contribution < -0.4 is 14.8 Å². The number of likely N-dealkylation sites (tertiary alicyclic amines) is 1. The zero-order valence-electron chi connectivity index (χ0n) is 15.1. The van der Waals surface area contributed by atoms with Gasteiger partial charge in [0.15, 0.2) is 11.5 Å². The summed E-state index contributed by atoms with van der Waals surface area (Å²) in [4.78, 5) is 14.4. The van der Waals surface area contributed by atoms with E-state index in [4.69, 9.17) is 9.47 Å². The second-order valence-electron chi connectivity index (χ2n) is 6.59. The number of methoxy groups -OCH3 is 2. The molecule has 24 heavy (non-hydrogen) atoms. The SMILES string of the molecule is COc1ccc(CCCNC(=O)CC2CCN(C)CC2)cc1OC. The lowest BCUT2D eigenvalue weighted by molar-refractivity contribution is -0.122. The highest BCUT2D eigenvalue weighted by atomic mass is 16.5. The van der Waals surface area contributed by atoms with Crippen LogP contribution in [0, 0.1) is 5.92 Å². The van der Waals surface area contributed by atoms with E-state index in [2.05, 4.69) is 17.3 Å². The Morgan fingerprint density at radius 3 is 2.58 bits per heavy atom. The molecule has 1 amide bonds. The molecule has 1 heterocycles. The zero-order chi connectivity index (χ0) is 17.4. The van der Waals surface area contributed by atoms with Crippen molar-refractivity contribution in [3.8, 4) is 11.5 Å². The average molecular weight is 334 g/mol. The molecule has 0 atom stereocenters. The largest absolute Gasteiger partial charge is 0.493 e. The first-order valence-electron chi connectivity index (χ1n) is 8.78. The molecule has 1 aromatic rings. The van der Waals surface area contributed by atoms with Gasteiger partial charge in [-0.25, -0.2) is 0 Å². The van der Waals surface area contributed by atoms with Crippen molar-refractivity contribution in [2.75, 3.05) is 40.9 Å². The summed E-state index contributed by atoms with van der Waals surface area (Å²) in [5.41, 5.74) is 1.19. The Labute approximate surface area is 145 Å². The van der Waals surface area contributed by atoms with Gasteiger partial charge in [-0.15, -0.1) is 0 Å². The molecule has 0 spiro atoms. The first-order valence-corrected chi connectivity index (χ1v) is 8.78. The summed E-state index contributed by atoms with van der Waals surface area (Å²) in [6.07, 6.45) is 4.78. The van der Waals surface area contributed by atoms with Gasteiger partial charge in [0, 0.05) is 13.0 Å². The lowest BCUT2D eigenvalue weighted by Gasteiger charge is -2.28. The molecule has 1 N–H and O–H groups in total. The number of aryl methyl sites for hydroxylation is 1. The Hall–Kier alpha value is -1.75. The van der Waals surface area contributed by atoms with Crippen LogP contribution in [0.25, 0.3) is 0 Å². The van der Waals surface area contributed by atoms with Crippen LogP contribution in [0.2, 0.25) is 0 Å². The van der Waals surface area contributed by atoms with E-state index in [1.807, 2.05) is 18.2 Å². The maximum absolute atomic E-state index is 12.0. The zero-order valence-corrected chi connectivity index (χ0v) is 15.1. The van der Waals surface area contributed by atoms with Gasteiger partial charge in [0.1, 0.15) is 0 Å². The summed E-state index contributed by atoms with van der Waals surface area (Å²) in [5, 5.41) is 3.05. The van der Waals surface area contributed by atoms with E-state index < -0.39 is 0 Å². The van der Waals surface area contributed by atoms with Crippen molar-refractivity contribution in [3.05, 3.63) is 23.8 Å². The predicted molar refractivity (Wildman–Crippen MR) is 95.7 cm³/mol. The van der Waals surface area contributed by atoms with E-state index in [0.717, 1.165) is 56.8 Å². The molecule has 1 aliphatic heterocycles. The number of nitrogens with one attached hydrogen (secondary N) is 1. The molecule has 1 aliphatic rings. The molecular formula is C19H30N2O3. The van der Waals surface area contributed by atoms with Gasteiger partial charge < -0.3 is 19.7 Å². The molecule has 0 unspecified atom stereocenters. The molecule has 1 fully saturated rings. The highest BCUT2D eigenvalue weighted by Gasteiger charge is 2.19.